The van der Waals surface area contributed by atoms with Gasteiger partial charge in [-0.1, -0.05) is 18.2 Å². The fourth-order valence-corrected chi connectivity index (χ4v) is 3.99. The molecule has 0 unspecified atom stereocenters. The Morgan fingerprint density at radius 3 is 2.74 bits per heavy atom. The molecule has 0 spiro atoms. The van der Waals surface area contributed by atoms with Gasteiger partial charge in [0, 0.05) is 5.56 Å². The minimum absolute atomic E-state index is 0.0299. The molecule has 1 aliphatic heterocycles. The van der Waals surface area contributed by atoms with Crippen molar-refractivity contribution in [3.63, 3.8) is 0 Å². The van der Waals surface area contributed by atoms with E-state index < -0.39 is 17.0 Å². The fourth-order valence-electron chi connectivity index (χ4n) is 2.53. The number of phenols is 1. The topological polar surface area (TPSA) is 66.8 Å². The zero-order chi connectivity index (χ0) is 19.6. The number of rotatable bonds is 5. The second-order valence-electron chi connectivity index (χ2n) is 5.64. The van der Waals surface area contributed by atoms with E-state index in [4.69, 9.17) is 4.74 Å². The van der Waals surface area contributed by atoms with Crippen LogP contribution in [0, 0.1) is 9.39 Å². The molecule has 0 bridgehead atoms. The molecule has 140 valence electrons. The third-order valence-electron chi connectivity index (χ3n) is 3.81. The second-order valence-corrected chi connectivity index (χ2v) is 7.80. The number of nitrogens with zero attached hydrogens (tertiary/aromatic N) is 1. The van der Waals surface area contributed by atoms with Crippen molar-refractivity contribution in [2.45, 2.75) is 13.5 Å². The normalized spacial score (nSPS) is 15.7. The number of thioether (sulfide) groups is 1. The molecule has 0 radical (unpaired) electrons. The Hall–Kier alpha value is -2.07. The summed E-state index contributed by atoms with van der Waals surface area (Å²) in [5, 5.41) is 9.57. The zero-order valence-electron chi connectivity index (χ0n) is 14.2. The minimum Gasteiger partial charge on any atom is -0.504 e. The molecule has 1 N–H and O–H groups in total. The highest BCUT2D eigenvalue weighted by molar-refractivity contribution is 14.1. The summed E-state index contributed by atoms with van der Waals surface area (Å²) in [5.41, 5.74) is 0.899. The van der Waals surface area contributed by atoms with Crippen LogP contribution in [-0.4, -0.2) is 27.8 Å². The van der Waals surface area contributed by atoms with Crippen LogP contribution in [0.25, 0.3) is 6.08 Å². The van der Waals surface area contributed by atoms with Crippen LogP contribution >= 0.6 is 34.4 Å². The molecule has 1 heterocycles. The molecule has 2 aromatic carbocycles. The molecule has 1 saturated heterocycles. The molecule has 0 atom stereocenters. The average Bonchev–Trinajstić information content (AvgIpc) is 2.88. The highest BCUT2D eigenvalue weighted by Gasteiger charge is 2.35. The Bertz CT molecular complexity index is 947. The number of ether oxygens (including phenoxy) is 1. The molecular weight excluding hydrogens is 484 g/mol. The van der Waals surface area contributed by atoms with E-state index >= 15 is 0 Å². The molecule has 1 fully saturated rings. The van der Waals surface area contributed by atoms with E-state index in [9.17, 15) is 19.1 Å². The van der Waals surface area contributed by atoms with Crippen LogP contribution in [0.15, 0.2) is 41.3 Å². The second kappa shape index (κ2) is 8.30. The number of carbonyl (C=O) groups excluding carboxylic acids is 2. The highest BCUT2D eigenvalue weighted by atomic mass is 127. The van der Waals surface area contributed by atoms with Crippen LogP contribution < -0.4 is 4.74 Å². The number of halogens is 2. The van der Waals surface area contributed by atoms with Crippen molar-refractivity contribution in [2.24, 2.45) is 0 Å². The van der Waals surface area contributed by atoms with E-state index in [1.165, 1.54) is 6.07 Å². The van der Waals surface area contributed by atoms with Gasteiger partial charge in [-0.05, 0) is 71.1 Å². The van der Waals surface area contributed by atoms with E-state index in [1.54, 1.807) is 43.3 Å². The van der Waals surface area contributed by atoms with Gasteiger partial charge in [0.1, 0.15) is 5.82 Å². The quantitative estimate of drug-likeness (QED) is 0.475. The van der Waals surface area contributed by atoms with Crippen LogP contribution in [0.1, 0.15) is 18.1 Å². The van der Waals surface area contributed by atoms with Gasteiger partial charge in [-0.25, -0.2) is 4.39 Å². The molecule has 0 aliphatic carbocycles. The summed E-state index contributed by atoms with van der Waals surface area (Å²) in [6.45, 7) is 2.06. The largest absolute Gasteiger partial charge is 0.504 e. The predicted octanol–water partition coefficient (Wildman–Crippen LogP) is 4.77. The molecule has 27 heavy (non-hydrogen) atoms. The lowest BCUT2D eigenvalue weighted by Gasteiger charge is -2.13. The molecule has 8 heteroatoms. The first-order valence-corrected chi connectivity index (χ1v) is 9.94. The van der Waals surface area contributed by atoms with Gasteiger partial charge in [0.15, 0.2) is 11.5 Å². The summed E-state index contributed by atoms with van der Waals surface area (Å²) in [6, 6.07) is 9.32. The average molecular weight is 499 g/mol. The molecule has 2 aromatic rings. The maximum atomic E-state index is 13.8. The van der Waals surface area contributed by atoms with Crippen molar-refractivity contribution in [2.75, 3.05) is 6.61 Å². The Balaban J connectivity index is 1.87. The summed E-state index contributed by atoms with van der Waals surface area (Å²) < 4.78 is 19.8. The first-order chi connectivity index (χ1) is 12.9. The van der Waals surface area contributed by atoms with Crippen LogP contribution in [0.3, 0.4) is 0 Å². The first-order valence-electron chi connectivity index (χ1n) is 8.04. The van der Waals surface area contributed by atoms with Gasteiger partial charge in [-0.3, -0.25) is 14.5 Å². The van der Waals surface area contributed by atoms with Crippen molar-refractivity contribution in [3.8, 4) is 11.5 Å². The number of aromatic hydroxyl groups is 1. The maximum Gasteiger partial charge on any atom is 0.293 e. The monoisotopic (exact) mass is 499 g/mol. The lowest BCUT2D eigenvalue weighted by atomic mass is 10.1. The van der Waals surface area contributed by atoms with Crippen molar-refractivity contribution < 1.29 is 23.8 Å². The van der Waals surface area contributed by atoms with Gasteiger partial charge in [0.25, 0.3) is 11.1 Å². The molecular formula is C19H15FINO4S. The molecule has 1 aliphatic rings. The van der Waals surface area contributed by atoms with E-state index in [0.29, 0.717) is 21.5 Å². The van der Waals surface area contributed by atoms with Crippen LogP contribution in [-0.2, 0) is 11.3 Å². The number of amides is 2. The maximum absolute atomic E-state index is 13.8. The number of hydrogen-bond acceptors (Lipinski definition) is 5. The van der Waals surface area contributed by atoms with Gasteiger partial charge < -0.3 is 9.84 Å². The Labute approximate surface area is 173 Å². The van der Waals surface area contributed by atoms with Gasteiger partial charge in [0.05, 0.1) is 21.6 Å². The molecule has 0 aromatic heterocycles. The van der Waals surface area contributed by atoms with Crippen molar-refractivity contribution in [1.29, 1.82) is 0 Å². The lowest BCUT2D eigenvalue weighted by molar-refractivity contribution is -0.123. The standard InChI is InChI=1S/C19H15FINO4S/c1-2-26-15-8-11(7-14(21)17(15)23)9-16-18(24)22(19(25)27-16)10-12-5-3-4-6-13(12)20/h3-9,23H,2,10H2,1H3/b16-9+. The Kier molecular flexibility index (Phi) is 6.05. The smallest absolute Gasteiger partial charge is 0.293 e. The number of hydrogen-bond donors (Lipinski definition) is 1. The SMILES string of the molecule is CCOc1cc(/C=C2/SC(=O)N(Cc3ccccc3F)C2=O)cc(I)c1O. The van der Waals surface area contributed by atoms with Crippen molar-refractivity contribution in [3.05, 3.63) is 61.8 Å². The van der Waals surface area contributed by atoms with Crippen molar-refractivity contribution >= 4 is 51.6 Å². The van der Waals surface area contributed by atoms with Gasteiger partial charge in [-0.2, -0.15) is 0 Å². The third-order valence-corrected chi connectivity index (χ3v) is 5.54. The Morgan fingerprint density at radius 1 is 1.30 bits per heavy atom. The number of carbonyl (C=O) groups is 2. The summed E-state index contributed by atoms with van der Waals surface area (Å²) in [4.78, 5) is 26.1. The number of benzene rings is 2. The predicted molar refractivity (Wildman–Crippen MR) is 110 cm³/mol. The van der Waals surface area contributed by atoms with Gasteiger partial charge in [-0.15, -0.1) is 0 Å². The van der Waals surface area contributed by atoms with Crippen LogP contribution in [0.4, 0.5) is 9.18 Å². The summed E-state index contributed by atoms with van der Waals surface area (Å²) in [5.74, 6) is -0.604. The van der Waals surface area contributed by atoms with E-state index in [2.05, 4.69) is 0 Å². The first kappa shape index (κ1) is 19.7. The van der Waals surface area contributed by atoms with Gasteiger partial charge in [0.2, 0.25) is 0 Å². The Morgan fingerprint density at radius 2 is 2.04 bits per heavy atom. The molecule has 2 amide bonds. The summed E-state index contributed by atoms with van der Waals surface area (Å²) in [6.07, 6.45) is 1.57. The molecule has 3 rings (SSSR count). The fraction of sp³-hybridized carbons (Fsp3) is 0.158. The minimum atomic E-state index is -0.478. The lowest BCUT2D eigenvalue weighted by Crippen LogP contribution is -2.27. The summed E-state index contributed by atoms with van der Waals surface area (Å²) >= 11 is 2.77. The summed E-state index contributed by atoms with van der Waals surface area (Å²) in [7, 11) is 0. The van der Waals surface area contributed by atoms with Gasteiger partial charge >= 0.3 is 0 Å². The zero-order valence-corrected chi connectivity index (χ0v) is 17.2. The van der Waals surface area contributed by atoms with Crippen LogP contribution in [0.5, 0.6) is 11.5 Å². The third kappa shape index (κ3) is 4.27. The molecule has 0 saturated carbocycles. The van der Waals surface area contributed by atoms with Crippen LogP contribution in [0.2, 0.25) is 0 Å². The van der Waals surface area contributed by atoms with E-state index in [1.807, 2.05) is 22.6 Å². The number of imide groups is 1. The highest BCUT2D eigenvalue weighted by Crippen LogP contribution is 2.37. The molecule has 5 nitrogen and oxygen atoms in total. The number of phenolic OH excluding ortho intramolecular Hbond substituents is 1. The van der Waals surface area contributed by atoms with Crippen molar-refractivity contribution in [1.82, 2.24) is 4.90 Å². The van der Waals surface area contributed by atoms with E-state index in [-0.39, 0.29) is 22.8 Å². The van der Waals surface area contributed by atoms with E-state index in [0.717, 1.165) is 16.7 Å².